The molecule has 3 rings (SSSR count). The molecule has 2 heterocycles. The Balaban J connectivity index is 1.98. The van der Waals surface area contributed by atoms with Crippen LogP contribution in [0.4, 0.5) is 0 Å². The van der Waals surface area contributed by atoms with Gasteiger partial charge in [-0.3, -0.25) is 4.79 Å². The molecule has 0 aliphatic rings. The van der Waals surface area contributed by atoms with E-state index < -0.39 is 0 Å². The van der Waals surface area contributed by atoms with E-state index >= 15 is 0 Å². The normalized spacial score (nSPS) is 11.5. The largest absolute Gasteiger partial charge is 0.497 e. The summed E-state index contributed by atoms with van der Waals surface area (Å²) >= 11 is 0. The lowest BCUT2D eigenvalue weighted by Gasteiger charge is -2.07. The lowest BCUT2D eigenvalue weighted by atomic mass is 10.0. The van der Waals surface area contributed by atoms with E-state index in [-0.39, 0.29) is 5.78 Å². The molecule has 0 aliphatic carbocycles. The highest BCUT2D eigenvalue weighted by Crippen LogP contribution is 2.26. The first kappa shape index (κ1) is 17.5. The summed E-state index contributed by atoms with van der Waals surface area (Å²) in [6.07, 6.45) is 3.72. The van der Waals surface area contributed by atoms with Crippen LogP contribution in [-0.2, 0) is 0 Å². The number of allylic oxidation sites excluding steroid dienone is 1. The van der Waals surface area contributed by atoms with Crippen molar-refractivity contribution in [1.82, 2.24) is 9.97 Å². The maximum Gasteiger partial charge on any atom is 0.216 e. The third-order valence-corrected chi connectivity index (χ3v) is 4.11. The standard InChI is InChI=1S/C20H20N2O4/c1-12(20(23)13-8-18(25-3)22-19(9-13)26-4)7-14-11-21-17-6-5-15(24-2)10-16(14)17/h5-11,21H,1-4H3/b12-7+. The molecule has 6 heteroatoms. The van der Waals surface area contributed by atoms with E-state index in [0.29, 0.717) is 22.9 Å². The Kier molecular flexibility index (Phi) is 4.93. The predicted molar refractivity (Wildman–Crippen MR) is 100 cm³/mol. The first-order valence-electron chi connectivity index (χ1n) is 8.04. The van der Waals surface area contributed by atoms with Crippen molar-refractivity contribution in [1.29, 1.82) is 0 Å². The third kappa shape index (κ3) is 3.39. The minimum atomic E-state index is -0.124. The van der Waals surface area contributed by atoms with Crippen LogP contribution in [0.1, 0.15) is 22.8 Å². The van der Waals surface area contributed by atoms with Crippen molar-refractivity contribution in [2.75, 3.05) is 21.3 Å². The van der Waals surface area contributed by atoms with E-state index in [4.69, 9.17) is 14.2 Å². The van der Waals surface area contributed by atoms with Gasteiger partial charge in [-0.25, -0.2) is 0 Å². The molecule has 0 atom stereocenters. The number of aromatic amines is 1. The molecule has 0 aliphatic heterocycles. The number of nitrogens with zero attached hydrogens (tertiary/aromatic N) is 1. The van der Waals surface area contributed by atoms with Crippen LogP contribution in [0.25, 0.3) is 17.0 Å². The van der Waals surface area contributed by atoms with Crippen LogP contribution < -0.4 is 14.2 Å². The van der Waals surface area contributed by atoms with E-state index in [9.17, 15) is 4.79 Å². The minimum Gasteiger partial charge on any atom is -0.497 e. The van der Waals surface area contributed by atoms with Gasteiger partial charge < -0.3 is 19.2 Å². The number of nitrogens with one attached hydrogen (secondary N) is 1. The van der Waals surface area contributed by atoms with Gasteiger partial charge in [-0.05, 0) is 36.8 Å². The number of carbonyl (C=O) groups is 1. The van der Waals surface area contributed by atoms with Gasteiger partial charge in [0.15, 0.2) is 5.78 Å². The van der Waals surface area contributed by atoms with E-state index in [1.165, 1.54) is 14.2 Å². The maximum absolute atomic E-state index is 12.8. The van der Waals surface area contributed by atoms with E-state index in [1.54, 1.807) is 26.2 Å². The Bertz CT molecular complexity index is 966. The zero-order chi connectivity index (χ0) is 18.7. The predicted octanol–water partition coefficient (Wildman–Crippen LogP) is 3.87. The number of pyridine rings is 1. The average molecular weight is 352 g/mol. The van der Waals surface area contributed by atoms with E-state index in [1.807, 2.05) is 30.5 Å². The van der Waals surface area contributed by atoms with E-state index in [2.05, 4.69) is 9.97 Å². The Morgan fingerprint density at radius 3 is 2.35 bits per heavy atom. The van der Waals surface area contributed by atoms with Crippen LogP contribution in [-0.4, -0.2) is 37.1 Å². The second-order valence-electron chi connectivity index (χ2n) is 5.75. The number of fused-ring (bicyclic) bond motifs is 1. The number of benzene rings is 1. The molecule has 1 aromatic carbocycles. The molecule has 6 nitrogen and oxygen atoms in total. The van der Waals surface area contributed by atoms with Crippen molar-refractivity contribution in [3.8, 4) is 17.5 Å². The second kappa shape index (κ2) is 7.31. The molecule has 3 aromatic rings. The van der Waals surface area contributed by atoms with Gasteiger partial charge in [-0.2, -0.15) is 4.98 Å². The molecule has 0 unspecified atom stereocenters. The summed E-state index contributed by atoms with van der Waals surface area (Å²) in [5.74, 6) is 1.30. The number of ether oxygens (including phenoxy) is 3. The number of hydrogen-bond donors (Lipinski definition) is 1. The van der Waals surface area contributed by atoms with Crippen molar-refractivity contribution in [2.45, 2.75) is 6.92 Å². The van der Waals surface area contributed by atoms with Gasteiger partial charge in [0.2, 0.25) is 11.8 Å². The first-order valence-corrected chi connectivity index (χ1v) is 8.04. The second-order valence-corrected chi connectivity index (χ2v) is 5.75. The smallest absolute Gasteiger partial charge is 0.216 e. The number of H-pyrrole nitrogens is 1. The van der Waals surface area contributed by atoms with Crippen LogP contribution >= 0.6 is 0 Å². The van der Waals surface area contributed by atoms with Crippen molar-refractivity contribution >= 4 is 22.8 Å². The summed E-state index contributed by atoms with van der Waals surface area (Å²) in [6, 6.07) is 8.97. The SMILES string of the molecule is COc1ccc2[nH]cc(/C=C(\C)C(=O)c3cc(OC)nc(OC)c3)c2c1. The number of rotatable bonds is 6. The summed E-state index contributed by atoms with van der Waals surface area (Å²) in [7, 11) is 4.62. The van der Waals surface area contributed by atoms with Gasteiger partial charge in [0.05, 0.1) is 21.3 Å². The van der Waals surface area contributed by atoms with Crippen molar-refractivity contribution in [2.24, 2.45) is 0 Å². The van der Waals surface area contributed by atoms with Crippen molar-refractivity contribution in [3.05, 3.63) is 53.2 Å². The van der Waals surface area contributed by atoms with E-state index in [0.717, 1.165) is 22.2 Å². The Morgan fingerprint density at radius 2 is 1.73 bits per heavy atom. The molecule has 134 valence electrons. The average Bonchev–Trinajstić information content (AvgIpc) is 3.08. The summed E-state index contributed by atoms with van der Waals surface area (Å²) in [6.45, 7) is 1.78. The number of Topliss-reactive ketones (excluding diaryl/α,β-unsaturated/α-hetero) is 1. The van der Waals surface area contributed by atoms with Crippen LogP contribution in [0.15, 0.2) is 42.1 Å². The highest BCUT2D eigenvalue weighted by Gasteiger charge is 2.14. The fraction of sp³-hybridized carbons (Fsp3) is 0.200. The zero-order valence-electron chi connectivity index (χ0n) is 15.1. The highest BCUT2D eigenvalue weighted by molar-refractivity contribution is 6.12. The molecule has 0 saturated heterocycles. The Hall–Kier alpha value is -3.28. The molecular formula is C20H20N2O4. The maximum atomic E-state index is 12.8. The van der Waals surface area contributed by atoms with Gasteiger partial charge in [-0.1, -0.05) is 0 Å². The minimum absolute atomic E-state index is 0.124. The molecule has 0 saturated carbocycles. The van der Waals surface area contributed by atoms with Gasteiger partial charge >= 0.3 is 0 Å². The number of methoxy groups -OCH3 is 3. The lowest BCUT2D eigenvalue weighted by molar-refractivity contribution is 0.103. The number of carbonyl (C=O) groups excluding carboxylic acids is 1. The molecule has 2 aromatic heterocycles. The number of aromatic nitrogens is 2. The Morgan fingerprint density at radius 1 is 1.04 bits per heavy atom. The molecule has 0 radical (unpaired) electrons. The summed E-state index contributed by atoms with van der Waals surface area (Å²) in [5.41, 5.74) is 2.94. The highest BCUT2D eigenvalue weighted by atomic mass is 16.5. The fourth-order valence-corrected chi connectivity index (χ4v) is 2.72. The van der Waals surface area contributed by atoms with Crippen LogP contribution in [0, 0.1) is 0 Å². The number of ketones is 1. The first-order chi connectivity index (χ1) is 12.5. The molecule has 1 N–H and O–H groups in total. The number of hydrogen-bond acceptors (Lipinski definition) is 5. The van der Waals surface area contributed by atoms with Gasteiger partial charge in [0.1, 0.15) is 5.75 Å². The molecule has 0 bridgehead atoms. The monoisotopic (exact) mass is 352 g/mol. The van der Waals surface area contributed by atoms with Gasteiger partial charge in [0.25, 0.3) is 0 Å². The topological polar surface area (TPSA) is 73.4 Å². The van der Waals surface area contributed by atoms with Crippen molar-refractivity contribution < 1.29 is 19.0 Å². The molecular weight excluding hydrogens is 332 g/mol. The third-order valence-electron chi connectivity index (χ3n) is 4.11. The fourth-order valence-electron chi connectivity index (χ4n) is 2.72. The molecule has 0 fully saturated rings. The lowest BCUT2D eigenvalue weighted by Crippen LogP contribution is -2.03. The summed E-state index contributed by atoms with van der Waals surface area (Å²) in [4.78, 5) is 20.1. The summed E-state index contributed by atoms with van der Waals surface area (Å²) in [5, 5.41) is 0.987. The molecule has 0 spiro atoms. The van der Waals surface area contributed by atoms with Crippen LogP contribution in [0.2, 0.25) is 0 Å². The summed E-state index contributed by atoms with van der Waals surface area (Å²) < 4.78 is 15.6. The van der Waals surface area contributed by atoms with Crippen molar-refractivity contribution in [3.63, 3.8) is 0 Å². The van der Waals surface area contributed by atoms with Crippen LogP contribution in [0.3, 0.4) is 0 Å². The van der Waals surface area contributed by atoms with Gasteiger partial charge in [0, 0.05) is 40.4 Å². The van der Waals surface area contributed by atoms with Gasteiger partial charge in [-0.15, -0.1) is 0 Å². The molecule has 0 amide bonds. The molecule has 26 heavy (non-hydrogen) atoms. The quantitative estimate of drug-likeness (QED) is 0.538. The zero-order valence-corrected chi connectivity index (χ0v) is 15.1. The van der Waals surface area contributed by atoms with Crippen LogP contribution in [0.5, 0.6) is 17.5 Å². The Labute approximate surface area is 151 Å².